The third-order valence-electron chi connectivity index (χ3n) is 3.10. The summed E-state index contributed by atoms with van der Waals surface area (Å²) in [5.41, 5.74) is 1.71. The molecule has 0 amide bonds. The van der Waals surface area contributed by atoms with Crippen molar-refractivity contribution in [1.29, 1.82) is 0 Å². The van der Waals surface area contributed by atoms with E-state index in [9.17, 15) is 9.18 Å². The predicted molar refractivity (Wildman–Crippen MR) is 75.9 cm³/mol. The molecule has 0 bridgehead atoms. The van der Waals surface area contributed by atoms with Crippen molar-refractivity contribution in [2.45, 2.75) is 0 Å². The summed E-state index contributed by atoms with van der Waals surface area (Å²) in [4.78, 5) is 20.8. The smallest absolute Gasteiger partial charge is 0.213 e. The highest BCUT2D eigenvalue weighted by molar-refractivity contribution is 6.08. The minimum absolute atomic E-state index is 0.0937. The van der Waals surface area contributed by atoms with Crippen LogP contribution in [-0.4, -0.2) is 22.9 Å². The Labute approximate surface area is 120 Å². The summed E-state index contributed by atoms with van der Waals surface area (Å²) in [5.74, 6) is -0.872. The first-order chi connectivity index (χ1) is 10.2. The summed E-state index contributed by atoms with van der Waals surface area (Å²) in [5, 5.41) is 0. The van der Waals surface area contributed by atoms with Gasteiger partial charge < -0.3 is 4.74 Å². The highest BCUT2D eigenvalue weighted by Crippen LogP contribution is 2.19. The van der Waals surface area contributed by atoms with Gasteiger partial charge in [0.1, 0.15) is 5.69 Å². The molecule has 0 spiro atoms. The maximum atomic E-state index is 13.7. The molecular weight excluding hydrogens is 271 g/mol. The van der Waals surface area contributed by atoms with Crippen LogP contribution < -0.4 is 4.74 Å². The second kappa shape index (κ2) is 5.28. The maximum Gasteiger partial charge on any atom is 0.213 e. The number of ketones is 1. The lowest BCUT2D eigenvalue weighted by Gasteiger charge is -2.05. The van der Waals surface area contributed by atoms with Gasteiger partial charge in [-0.05, 0) is 30.3 Å². The minimum atomic E-state index is -0.586. The van der Waals surface area contributed by atoms with Gasteiger partial charge in [0.15, 0.2) is 11.6 Å². The fourth-order valence-corrected chi connectivity index (χ4v) is 2.02. The lowest BCUT2D eigenvalue weighted by atomic mass is 10.1. The summed E-state index contributed by atoms with van der Waals surface area (Å²) in [7, 11) is 1.37. The molecule has 21 heavy (non-hydrogen) atoms. The molecule has 3 aromatic rings. The van der Waals surface area contributed by atoms with Crippen LogP contribution in [0.25, 0.3) is 11.0 Å². The number of halogens is 1. The lowest BCUT2D eigenvalue weighted by molar-refractivity contribution is 0.103. The van der Waals surface area contributed by atoms with Crippen LogP contribution in [0, 0.1) is 5.82 Å². The van der Waals surface area contributed by atoms with E-state index in [2.05, 4.69) is 9.97 Å². The Hall–Kier alpha value is -2.82. The Morgan fingerprint density at radius 1 is 1.14 bits per heavy atom. The quantitative estimate of drug-likeness (QED) is 0.693. The SMILES string of the molecule is COc1ccc(C(=O)c2cnc3ccccc3n2)cc1F. The molecule has 0 aliphatic rings. The molecule has 0 fully saturated rings. The van der Waals surface area contributed by atoms with Gasteiger partial charge >= 0.3 is 0 Å². The zero-order valence-electron chi connectivity index (χ0n) is 11.2. The summed E-state index contributed by atoms with van der Waals surface area (Å²) < 4.78 is 18.5. The number of rotatable bonds is 3. The van der Waals surface area contributed by atoms with Crippen LogP contribution in [0.5, 0.6) is 5.75 Å². The van der Waals surface area contributed by atoms with Gasteiger partial charge in [-0.2, -0.15) is 0 Å². The van der Waals surface area contributed by atoms with Crippen molar-refractivity contribution in [3.8, 4) is 5.75 Å². The third kappa shape index (κ3) is 2.45. The van der Waals surface area contributed by atoms with Crippen molar-refractivity contribution >= 4 is 16.8 Å². The monoisotopic (exact) mass is 282 g/mol. The largest absolute Gasteiger partial charge is 0.494 e. The van der Waals surface area contributed by atoms with Crippen LogP contribution >= 0.6 is 0 Å². The fraction of sp³-hybridized carbons (Fsp3) is 0.0625. The van der Waals surface area contributed by atoms with E-state index in [1.807, 2.05) is 18.2 Å². The number of nitrogens with zero attached hydrogens (tertiary/aromatic N) is 2. The van der Waals surface area contributed by atoms with Gasteiger partial charge in [0, 0.05) is 5.56 Å². The van der Waals surface area contributed by atoms with Crippen molar-refractivity contribution in [2.24, 2.45) is 0 Å². The first-order valence-corrected chi connectivity index (χ1v) is 6.29. The van der Waals surface area contributed by atoms with Crippen molar-refractivity contribution in [1.82, 2.24) is 9.97 Å². The molecule has 2 aromatic carbocycles. The van der Waals surface area contributed by atoms with E-state index in [-0.39, 0.29) is 22.8 Å². The van der Waals surface area contributed by atoms with E-state index in [1.54, 1.807) is 6.07 Å². The van der Waals surface area contributed by atoms with E-state index in [0.29, 0.717) is 11.0 Å². The Balaban J connectivity index is 2.01. The van der Waals surface area contributed by atoms with E-state index in [0.717, 1.165) is 6.07 Å². The van der Waals surface area contributed by atoms with Crippen molar-refractivity contribution in [3.63, 3.8) is 0 Å². The molecule has 5 heteroatoms. The van der Waals surface area contributed by atoms with Crippen molar-refractivity contribution in [3.05, 3.63) is 65.7 Å². The number of carbonyl (C=O) groups is 1. The molecule has 0 saturated heterocycles. The second-order valence-corrected chi connectivity index (χ2v) is 4.42. The topological polar surface area (TPSA) is 52.1 Å². The number of hydrogen-bond acceptors (Lipinski definition) is 4. The van der Waals surface area contributed by atoms with Gasteiger partial charge in [-0.25, -0.2) is 9.37 Å². The van der Waals surface area contributed by atoms with Gasteiger partial charge in [0.05, 0.1) is 24.3 Å². The minimum Gasteiger partial charge on any atom is -0.494 e. The van der Waals surface area contributed by atoms with Crippen LogP contribution in [0.1, 0.15) is 16.1 Å². The number of methoxy groups -OCH3 is 1. The lowest BCUT2D eigenvalue weighted by Crippen LogP contribution is -2.06. The zero-order chi connectivity index (χ0) is 14.8. The average Bonchev–Trinajstić information content (AvgIpc) is 2.53. The molecule has 0 atom stereocenters. The zero-order valence-corrected chi connectivity index (χ0v) is 11.2. The highest BCUT2D eigenvalue weighted by Gasteiger charge is 2.14. The number of hydrogen-bond donors (Lipinski definition) is 0. The fourth-order valence-electron chi connectivity index (χ4n) is 2.02. The van der Waals surface area contributed by atoms with E-state index in [4.69, 9.17) is 4.74 Å². The molecule has 0 aliphatic carbocycles. The van der Waals surface area contributed by atoms with Gasteiger partial charge in [0.25, 0.3) is 0 Å². The molecular formula is C16H11FN2O2. The summed E-state index contributed by atoms with van der Waals surface area (Å²) in [6.45, 7) is 0. The van der Waals surface area contributed by atoms with E-state index >= 15 is 0 Å². The number of benzene rings is 2. The molecule has 104 valence electrons. The second-order valence-electron chi connectivity index (χ2n) is 4.42. The normalized spacial score (nSPS) is 10.6. The van der Waals surface area contributed by atoms with Gasteiger partial charge in [-0.3, -0.25) is 9.78 Å². The number of carbonyl (C=O) groups excluding carboxylic acids is 1. The number of fused-ring (bicyclic) bond motifs is 1. The molecule has 3 rings (SSSR count). The van der Waals surface area contributed by atoms with Gasteiger partial charge in [-0.1, -0.05) is 12.1 Å². The Morgan fingerprint density at radius 2 is 1.90 bits per heavy atom. The van der Waals surface area contributed by atoms with Crippen LogP contribution in [0.2, 0.25) is 0 Å². The molecule has 0 aliphatic heterocycles. The molecule has 4 nitrogen and oxygen atoms in total. The predicted octanol–water partition coefficient (Wildman–Crippen LogP) is 3.01. The molecule has 0 N–H and O–H groups in total. The summed E-state index contributed by atoms with van der Waals surface area (Å²) in [6, 6.07) is 11.3. The first-order valence-electron chi connectivity index (χ1n) is 6.29. The third-order valence-corrected chi connectivity index (χ3v) is 3.10. The molecule has 1 heterocycles. The average molecular weight is 282 g/mol. The Bertz CT molecular complexity index is 833. The standard InChI is InChI=1S/C16H11FN2O2/c1-21-15-7-6-10(8-11(15)17)16(20)14-9-18-12-4-2-3-5-13(12)19-14/h2-9H,1H3. The van der Waals surface area contributed by atoms with Gasteiger partial charge in [-0.15, -0.1) is 0 Å². The van der Waals surface area contributed by atoms with Crippen molar-refractivity contribution < 1.29 is 13.9 Å². The molecule has 0 saturated carbocycles. The molecule has 0 radical (unpaired) electrons. The van der Waals surface area contributed by atoms with Gasteiger partial charge in [0.2, 0.25) is 5.78 Å². The van der Waals surface area contributed by atoms with Crippen LogP contribution in [-0.2, 0) is 0 Å². The first kappa shape index (κ1) is 13.2. The van der Waals surface area contributed by atoms with E-state index in [1.165, 1.54) is 25.4 Å². The molecule has 1 aromatic heterocycles. The Kier molecular flexibility index (Phi) is 3.31. The van der Waals surface area contributed by atoms with E-state index < -0.39 is 5.82 Å². The summed E-state index contributed by atoms with van der Waals surface area (Å²) >= 11 is 0. The number of aromatic nitrogens is 2. The molecule has 0 unspecified atom stereocenters. The van der Waals surface area contributed by atoms with Crippen molar-refractivity contribution in [2.75, 3.05) is 7.11 Å². The number of para-hydroxylation sites is 2. The van der Waals surface area contributed by atoms with Crippen LogP contribution in [0.4, 0.5) is 4.39 Å². The van der Waals surface area contributed by atoms with Crippen LogP contribution in [0.15, 0.2) is 48.7 Å². The maximum absolute atomic E-state index is 13.7. The number of ether oxygens (including phenoxy) is 1. The summed E-state index contributed by atoms with van der Waals surface area (Å²) in [6.07, 6.45) is 1.40. The van der Waals surface area contributed by atoms with Crippen LogP contribution in [0.3, 0.4) is 0 Å². The Morgan fingerprint density at radius 3 is 2.62 bits per heavy atom. The highest BCUT2D eigenvalue weighted by atomic mass is 19.1.